The minimum absolute atomic E-state index is 0.0449. The lowest BCUT2D eigenvalue weighted by Crippen LogP contribution is -2.55. The van der Waals surface area contributed by atoms with Gasteiger partial charge in [0.1, 0.15) is 29.9 Å². The van der Waals surface area contributed by atoms with E-state index in [1.807, 2.05) is 0 Å². The number of nitrogen functional groups attached to an aromatic ring is 1. The van der Waals surface area contributed by atoms with Crippen LogP contribution >= 0.6 is 11.6 Å². The SMILES string of the molecule is Cc1c(F)c(N2CC(OC(=O)[C@H](C)NC(=O)OC(C)(C)C)C2)c(Cl)c2c1c(=O)c(C(=O)OCc1ccccc1)cn2-c1nc(N)c(F)cc1F. The van der Waals surface area contributed by atoms with Gasteiger partial charge >= 0.3 is 18.0 Å². The highest BCUT2D eigenvalue weighted by molar-refractivity contribution is 6.38. The van der Waals surface area contributed by atoms with Gasteiger partial charge in [0.2, 0.25) is 5.43 Å². The number of amides is 1. The van der Waals surface area contributed by atoms with Gasteiger partial charge in [-0.15, -0.1) is 0 Å². The molecule has 0 unspecified atom stereocenters. The Morgan fingerprint density at radius 1 is 1.12 bits per heavy atom. The summed E-state index contributed by atoms with van der Waals surface area (Å²) in [5, 5.41) is 1.62. The number of rotatable bonds is 8. The van der Waals surface area contributed by atoms with Crippen molar-refractivity contribution in [1.29, 1.82) is 0 Å². The van der Waals surface area contributed by atoms with Crippen LogP contribution in [0.4, 0.5) is 29.5 Å². The molecule has 1 aliphatic heterocycles. The number of esters is 2. The number of nitrogens with zero attached hydrogens (tertiary/aromatic N) is 3. The summed E-state index contributed by atoms with van der Waals surface area (Å²) in [6.45, 7) is 7.37. The molecule has 50 heavy (non-hydrogen) atoms. The van der Waals surface area contributed by atoms with Gasteiger partial charge in [0.25, 0.3) is 0 Å². The lowest BCUT2D eigenvalue weighted by Gasteiger charge is -2.41. The number of halogens is 4. The first-order valence-electron chi connectivity index (χ1n) is 15.3. The third-order valence-corrected chi connectivity index (χ3v) is 8.03. The van der Waals surface area contributed by atoms with E-state index in [4.69, 9.17) is 31.5 Å². The van der Waals surface area contributed by atoms with Crippen molar-refractivity contribution >= 4 is 52.0 Å². The van der Waals surface area contributed by atoms with Gasteiger partial charge < -0.3 is 30.2 Å². The summed E-state index contributed by atoms with van der Waals surface area (Å²) >= 11 is 6.78. The topological polar surface area (TPSA) is 155 Å². The zero-order chi connectivity index (χ0) is 36.7. The van der Waals surface area contributed by atoms with Gasteiger partial charge in [-0.2, -0.15) is 0 Å². The molecule has 1 saturated heterocycles. The zero-order valence-electron chi connectivity index (χ0n) is 27.6. The number of anilines is 2. The zero-order valence-corrected chi connectivity index (χ0v) is 28.4. The van der Waals surface area contributed by atoms with E-state index in [1.54, 1.807) is 51.1 Å². The van der Waals surface area contributed by atoms with Crippen LogP contribution in [0.1, 0.15) is 49.2 Å². The van der Waals surface area contributed by atoms with Crippen LogP contribution in [0.15, 0.2) is 47.4 Å². The largest absolute Gasteiger partial charge is 0.457 e. The second-order valence-corrected chi connectivity index (χ2v) is 13.0. The third kappa shape index (κ3) is 7.32. The molecule has 0 saturated carbocycles. The Balaban J connectivity index is 1.51. The Kier molecular flexibility index (Phi) is 10.0. The Morgan fingerprint density at radius 2 is 1.78 bits per heavy atom. The number of benzene rings is 2. The van der Waals surface area contributed by atoms with Crippen LogP contribution in [0.2, 0.25) is 5.02 Å². The molecule has 1 atom stereocenters. The Bertz CT molecular complexity index is 2070. The summed E-state index contributed by atoms with van der Waals surface area (Å²) in [5.74, 6) is -6.52. The number of hydrogen-bond acceptors (Lipinski definition) is 10. The molecule has 0 bridgehead atoms. The quantitative estimate of drug-likeness (QED) is 0.180. The number of fused-ring (bicyclic) bond motifs is 1. The van der Waals surface area contributed by atoms with E-state index in [1.165, 1.54) is 18.7 Å². The Hall–Kier alpha value is -5.31. The second-order valence-electron chi connectivity index (χ2n) is 12.6. The molecule has 5 rings (SSSR count). The maximum Gasteiger partial charge on any atom is 0.408 e. The van der Waals surface area contributed by atoms with Crippen molar-refractivity contribution < 1.29 is 41.8 Å². The fraction of sp³-hybridized carbons (Fsp3) is 0.324. The third-order valence-electron chi connectivity index (χ3n) is 7.67. The predicted octanol–water partition coefficient (Wildman–Crippen LogP) is 5.35. The minimum Gasteiger partial charge on any atom is -0.457 e. The van der Waals surface area contributed by atoms with Gasteiger partial charge in [-0.05, 0) is 40.2 Å². The minimum atomic E-state index is -1.23. The van der Waals surface area contributed by atoms with Gasteiger partial charge in [-0.1, -0.05) is 41.9 Å². The number of nitrogens with two attached hydrogens (primary N) is 1. The number of hydrogen-bond donors (Lipinski definition) is 2. The molecule has 0 radical (unpaired) electrons. The summed E-state index contributed by atoms with van der Waals surface area (Å²) in [6, 6.07) is 7.99. The van der Waals surface area contributed by atoms with Gasteiger partial charge in [-0.25, -0.2) is 32.5 Å². The molecular formula is C34H33ClF3N5O7. The normalized spacial score (nSPS) is 13.8. The number of aryl methyl sites for hydroxylation is 1. The Labute approximate surface area is 288 Å². The predicted molar refractivity (Wildman–Crippen MR) is 178 cm³/mol. The van der Waals surface area contributed by atoms with Gasteiger partial charge in [-0.3, -0.25) is 9.36 Å². The van der Waals surface area contributed by atoms with E-state index in [2.05, 4.69) is 10.3 Å². The van der Waals surface area contributed by atoms with Crippen molar-refractivity contribution in [2.24, 2.45) is 0 Å². The maximum absolute atomic E-state index is 16.2. The van der Waals surface area contributed by atoms with E-state index in [0.29, 0.717) is 11.6 Å². The molecule has 0 spiro atoms. The van der Waals surface area contributed by atoms with Crippen molar-refractivity contribution in [2.75, 3.05) is 23.7 Å². The first kappa shape index (κ1) is 36.0. The molecule has 2 aromatic carbocycles. The summed E-state index contributed by atoms with van der Waals surface area (Å²) in [4.78, 5) is 56.9. The van der Waals surface area contributed by atoms with Crippen molar-refractivity contribution in [2.45, 2.75) is 59.0 Å². The maximum atomic E-state index is 16.2. The summed E-state index contributed by atoms with van der Waals surface area (Å²) in [5.41, 5.74) is 3.20. The fourth-order valence-electron chi connectivity index (χ4n) is 5.21. The summed E-state index contributed by atoms with van der Waals surface area (Å²) < 4.78 is 62.5. The lowest BCUT2D eigenvalue weighted by molar-refractivity contribution is -0.152. The number of alkyl carbamates (subject to hydrolysis) is 1. The van der Waals surface area contributed by atoms with Crippen LogP contribution in [-0.4, -0.2) is 58.4 Å². The number of aromatic nitrogens is 2. The first-order chi connectivity index (χ1) is 23.5. The molecule has 16 heteroatoms. The molecule has 264 valence electrons. The molecule has 1 aliphatic rings. The molecule has 3 N–H and O–H groups in total. The van der Waals surface area contributed by atoms with Crippen LogP contribution in [0.3, 0.4) is 0 Å². The average molecular weight is 716 g/mol. The van der Waals surface area contributed by atoms with Crippen LogP contribution in [0.5, 0.6) is 0 Å². The first-order valence-corrected chi connectivity index (χ1v) is 15.7. The highest BCUT2D eigenvalue weighted by atomic mass is 35.5. The van der Waals surface area contributed by atoms with E-state index >= 15 is 8.78 Å². The summed E-state index contributed by atoms with van der Waals surface area (Å²) in [7, 11) is 0. The lowest BCUT2D eigenvalue weighted by atomic mass is 10.0. The molecule has 12 nitrogen and oxygen atoms in total. The van der Waals surface area contributed by atoms with Crippen LogP contribution in [0, 0.1) is 24.4 Å². The van der Waals surface area contributed by atoms with Crippen LogP contribution in [0.25, 0.3) is 16.7 Å². The van der Waals surface area contributed by atoms with Crippen molar-refractivity contribution in [3.05, 3.63) is 92.0 Å². The fourth-order valence-corrected chi connectivity index (χ4v) is 5.60. The monoisotopic (exact) mass is 715 g/mol. The number of carbonyl (C=O) groups excluding carboxylic acids is 3. The van der Waals surface area contributed by atoms with Gasteiger partial charge in [0.15, 0.2) is 29.1 Å². The van der Waals surface area contributed by atoms with E-state index in [0.717, 1.165) is 10.8 Å². The van der Waals surface area contributed by atoms with E-state index in [-0.39, 0.29) is 46.9 Å². The van der Waals surface area contributed by atoms with Crippen molar-refractivity contribution in [3.63, 3.8) is 0 Å². The molecule has 0 aliphatic carbocycles. The number of nitrogens with one attached hydrogen (secondary N) is 1. The average Bonchev–Trinajstić information content (AvgIpc) is 3.02. The smallest absolute Gasteiger partial charge is 0.408 e. The molecule has 2 aromatic heterocycles. The van der Waals surface area contributed by atoms with E-state index < -0.39 is 75.9 Å². The number of pyridine rings is 2. The number of carbonyl (C=O) groups is 3. The molecule has 4 aromatic rings. The van der Waals surface area contributed by atoms with E-state index in [9.17, 15) is 23.6 Å². The highest BCUT2D eigenvalue weighted by Gasteiger charge is 2.37. The summed E-state index contributed by atoms with van der Waals surface area (Å²) in [6.07, 6.45) is -0.630. The number of ether oxygens (including phenoxy) is 3. The standard InChI is InChI=1S/C34H33ClF3N5O7/c1-16-23-26(24(35)27(25(16)38)42-12-19(13-42)49-31(45)17(2)40-33(47)50-34(3,4)5)43(30-22(37)11-21(36)29(39)41-30)14-20(28(23)44)32(46)48-15-18-9-7-6-8-10-18/h6-11,14,17,19H,12-13,15H2,1-5H3,(H2,39,41)(H,40,47)/t17-/m0/s1. The Morgan fingerprint density at radius 3 is 2.42 bits per heavy atom. The van der Waals surface area contributed by atoms with Crippen LogP contribution in [-0.2, 0) is 25.6 Å². The van der Waals surface area contributed by atoms with Crippen molar-refractivity contribution in [3.8, 4) is 5.82 Å². The molecule has 3 heterocycles. The van der Waals surface area contributed by atoms with Crippen LogP contribution < -0.4 is 21.4 Å². The van der Waals surface area contributed by atoms with Crippen molar-refractivity contribution in [1.82, 2.24) is 14.9 Å². The second kappa shape index (κ2) is 13.9. The molecule has 1 fully saturated rings. The molecule has 1 amide bonds. The van der Waals surface area contributed by atoms with Gasteiger partial charge in [0.05, 0.1) is 34.7 Å². The molecular weight excluding hydrogens is 683 g/mol. The van der Waals surface area contributed by atoms with Gasteiger partial charge in [0, 0.05) is 17.8 Å². The highest BCUT2D eigenvalue weighted by Crippen LogP contribution is 2.41.